The van der Waals surface area contributed by atoms with Gasteiger partial charge < -0.3 is 19.2 Å². The fourth-order valence-electron chi connectivity index (χ4n) is 6.72. The molecule has 0 aliphatic carbocycles. The third kappa shape index (κ3) is 5.00. The zero-order valence-corrected chi connectivity index (χ0v) is 25.6. The first-order valence-electron chi connectivity index (χ1n) is 14.6. The molecule has 0 saturated heterocycles. The highest BCUT2D eigenvalue weighted by Gasteiger charge is 2.41. The Kier molecular flexibility index (Phi) is 7.10. The minimum Gasteiger partial charge on any atom is -0.497 e. The minimum absolute atomic E-state index is 0.0498. The lowest BCUT2D eigenvalue weighted by molar-refractivity contribution is 0.127. The van der Waals surface area contributed by atoms with Gasteiger partial charge in [0.15, 0.2) is 21.3 Å². The maximum absolute atomic E-state index is 14.0. The Hall–Kier alpha value is -4.34. The van der Waals surface area contributed by atoms with Gasteiger partial charge in [-0.2, -0.15) is 0 Å². The van der Waals surface area contributed by atoms with Crippen molar-refractivity contribution >= 4 is 20.7 Å². The van der Waals surface area contributed by atoms with E-state index in [1.54, 1.807) is 38.5 Å². The predicted octanol–water partition coefficient (Wildman–Crippen LogP) is 6.55. The quantitative estimate of drug-likeness (QED) is 0.225. The lowest BCUT2D eigenvalue weighted by Gasteiger charge is -2.46. The maximum Gasteiger partial charge on any atom is 0.175 e. The van der Waals surface area contributed by atoms with Gasteiger partial charge in [0.05, 0.1) is 25.2 Å². The van der Waals surface area contributed by atoms with Crippen LogP contribution in [0.2, 0.25) is 0 Å². The summed E-state index contributed by atoms with van der Waals surface area (Å²) in [5.74, 6) is 1.83. The molecule has 44 heavy (non-hydrogen) atoms. The average Bonchev–Trinajstić information content (AvgIpc) is 3.39. The summed E-state index contributed by atoms with van der Waals surface area (Å²) in [6.07, 6.45) is 2.81. The number of H-pyrrole nitrogens is 1. The van der Waals surface area contributed by atoms with Crippen LogP contribution >= 0.6 is 0 Å². The number of hydrogen-bond donors (Lipinski definition) is 1. The van der Waals surface area contributed by atoms with E-state index in [1.807, 2.05) is 18.2 Å². The van der Waals surface area contributed by atoms with E-state index in [-0.39, 0.29) is 29.4 Å². The van der Waals surface area contributed by atoms with E-state index in [9.17, 15) is 12.8 Å². The second kappa shape index (κ2) is 11.0. The van der Waals surface area contributed by atoms with E-state index >= 15 is 0 Å². The highest BCUT2D eigenvalue weighted by atomic mass is 32.2. The van der Waals surface area contributed by atoms with E-state index < -0.39 is 9.84 Å². The number of hydrogen-bond acceptors (Lipinski definition) is 6. The number of aromatic nitrogens is 1. The topological polar surface area (TPSA) is 80.9 Å². The lowest BCUT2D eigenvalue weighted by Crippen LogP contribution is -2.43. The third-order valence-electron chi connectivity index (χ3n) is 8.90. The fraction of sp³-hybridized carbons (Fsp3) is 0.257. The van der Waals surface area contributed by atoms with Gasteiger partial charge in [0, 0.05) is 35.4 Å². The van der Waals surface area contributed by atoms with Crippen molar-refractivity contribution in [1.82, 2.24) is 9.88 Å². The Balaban J connectivity index is 1.29. The summed E-state index contributed by atoms with van der Waals surface area (Å²) >= 11 is 0. The number of aromatic amines is 1. The molecule has 9 heteroatoms. The molecule has 0 radical (unpaired) electrons. The molecule has 7 rings (SSSR count). The first-order valence-corrected chi connectivity index (χ1v) is 16.4. The number of nitrogens with zero attached hydrogens (tertiary/aromatic N) is 1. The fourth-order valence-corrected chi connectivity index (χ4v) is 7.35. The largest absolute Gasteiger partial charge is 0.497 e. The van der Waals surface area contributed by atoms with Crippen LogP contribution in [0.5, 0.6) is 17.2 Å². The molecule has 5 aromatic rings. The van der Waals surface area contributed by atoms with Crippen molar-refractivity contribution in [2.24, 2.45) is 0 Å². The van der Waals surface area contributed by atoms with E-state index in [0.717, 1.165) is 52.9 Å². The Morgan fingerprint density at radius 1 is 0.932 bits per heavy atom. The maximum atomic E-state index is 14.0. The van der Waals surface area contributed by atoms with Crippen molar-refractivity contribution < 1.29 is 27.0 Å². The number of benzene rings is 4. The summed E-state index contributed by atoms with van der Waals surface area (Å²) in [4.78, 5) is 6.47. The minimum atomic E-state index is -3.27. The second-order valence-corrected chi connectivity index (χ2v) is 13.5. The summed E-state index contributed by atoms with van der Waals surface area (Å²) in [5.41, 5.74) is 7.67. The number of fused-ring (bicyclic) bond motifs is 6. The summed E-state index contributed by atoms with van der Waals surface area (Å²) in [7, 11) is 0.0426. The van der Waals surface area contributed by atoms with Crippen molar-refractivity contribution in [1.29, 1.82) is 0 Å². The molecule has 4 aromatic carbocycles. The number of methoxy groups -OCH3 is 2. The Bertz CT molecular complexity index is 1970. The first kappa shape index (κ1) is 28.4. The van der Waals surface area contributed by atoms with Crippen LogP contribution in [0, 0.1) is 5.82 Å². The molecule has 2 aliphatic rings. The molecule has 226 valence electrons. The molecule has 7 nitrogen and oxygen atoms in total. The molecule has 0 saturated carbocycles. The molecule has 3 heterocycles. The summed E-state index contributed by atoms with van der Waals surface area (Å²) in [6, 6.07) is 23.8. The molecular weight excluding hydrogens is 579 g/mol. The van der Waals surface area contributed by atoms with Crippen molar-refractivity contribution in [2.75, 3.05) is 27.0 Å². The molecule has 0 amide bonds. The standard InChI is InChI=1S/C35H33FN2O5S/c1-41-25-10-13-30-28(17-25)29-18-31-27-19-33(43-20-21-4-11-26(12-5-21)44(3,39)40)32(42-2)16-23(27)14-15-38(31)35(34(29)37-30)22-6-8-24(36)9-7-22/h4-13,16-17,19,31,35,37H,14-15,18,20H2,1-3H3. The van der Waals surface area contributed by atoms with Gasteiger partial charge in [-0.25, -0.2) is 12.8 Å². The van der Waals surface area contributed by atoms with Gasteiger partial charge in [0.25, 0.3) is 0 Å². The lowest BCUT2D eigenvalue weighted by atomic mass is 9.80. The summed E-state index contributed by atoms with van der Waals surface area (Å²) in [5, 5.41) is 1.13. The molecule has 1 aromatic heterocycles. The highest BCUT2D eigenvalue weighted by Crippen LogP contribution is 2.50. The Morgan fingerprint density at radius 2 is 1.70 bits per heavy atom. The summed E-state index contributed by atoms with van der Waals surface area (Å²) in [6.45, 7) is 1.09. The van der Waals surface area contributed by atoms with Gasteiger partial charge in [-0.3, -0.25) is 4.90 Å². The van der Waals surface area contributed by atoms with E-state index in [1.165, 1.54) is 35.1 Å². The van der Waals surface area contributed by atoms with Crippen LogP contribution in [0.1, 0.15) is 45.6 Å². The van der Waals surface area contributed by atoms with Gasteiger partial charge in [0.2, 0.25) is 0 Å². The zero-order chi connectivity index (χ0) is 30.6. The molecule has 2 atom stereocenters. The van der Waals surface area contributed by atoms with Crippen LogP contribution in [0.25, 0.3) is 10.9 Å². The monoisotopic (exact) mass is 612 g/mol. The SMILES string of the molecule is COc1ccc2[nH]c3c(c2c1)CC1c2cc(OCc4ccc(S(C)(=O)=O)cc4)c(OC)cc2CCN1C3c1ccc(F)cc1. The summed E-state index contributed by atoms with van der Waals surface area (Å²) < 4.78 is 55.4. The van der Waals surface area contributed by atoms with Gasteiger partial charge in [0.1, 0.15) is 18.2 Å². The van der Waals surface area contributed by atoms with Gasteiger partial charge >= 0.3 is 0 Å². The smallest absolute Gasteiger partial charge is 0.175 e. The van der Waals surface area contributed by atoms with Gasteiger partial charge in [-0.05, 0) is 95.3 Å². The van der Waals surface area contributed by atoms with Crippen LogP contribution in [-0.2, 0) is 29.3 Å². The number of sulfone groups is 1. The Labute approximate surface area is 256 Å². The van der Waals surface area contributed by atoms with Gasteiger partial charge in [-0.15, -0.1) is 0 Å². The van der Waals surface area contributed by atoms with E-state index in [0.29, 0.717) is 11.5 Å². The number of ether oxygens (including phenoxy) is 3. The average molecular weight is 613 g/mol. The third-order valence-corrected chi connectivity index (χ3v) is 10.0. The number of nitrogens with one attached hydrogen (secondary N) is 1. The van der Waals surface area contributed by atoms with E-state index in [4.69, 9.17) is 14.2 Å². The van der Waals surface area contributed by atoms with E-state index in [2.05, 4.69) is 34.1 Å². The van der Waals surface area contributed by atoms with Crippen molar-refractivity contribution in [3.05, 3.63) is 118 Å². The predicted molar refractivity (Wildman–Crippen MR) is 167 cm³/mol. The normalized spacial score (nSPS) is 17.9. The van der Waals surface area contributed by atoms with Crippen LogP contribution in [0.4, 0.5) is 4.39 Å². The number of rotatable bonds is 7. The molecule has 1 N–H and O–H groups in total. The van der Waals surface area contributed by atoms with Gasteiger partial charge in [-0.1, -0.05) is 24.3 Å². The van der Waals surface area contributed by atoms with Crippen LogP contribution in [0.15, 0.2) is 83.8 Å². The second-order valence-electron chi connectivity index (χ2n) is 11.5. The zero-order valence-electron chi connectivity index (χ0n) is 24.8. The molecule has 2 unspecified atom stereocenters. The molecular formula is C35H33FN2O5S. The number of halogens is 1. The van der Waals surface area contributed by atoms with Crippen LogP contribution in [-0.4, -0.2) is 45.3 Å². The first-order chi connectivity index (χ1) is 21.2. The van der Waals surface area contributed by atoms with Crippen LogP contribution in [0.3, 0.4) is 0 Å². The molecule has 0 spiro atoms. The van der Waals surface area contributed by atoms with Crippen molar-refractivity contribution in [3.8, 4) is 17.2 Å². The van der Waals surface area contributed by atoms with Crippen LogP contribution < -0.4 is 14.2 Å². The molecule has 2 aliphatic heterocycles. The molecule has 0 fully saturated rings. The van der Waals surface area contributed by atoms with Crippen molar-refractivity contribution in [3.63, 3.8) is 0 Å². The molecule has 0 bridgehead atoms. The Morgan fingerprint density at radius 3 is 2.41 bits per heavy atom. The highest BCUT2D eigenvalue weighted by molar-refractivity contribution is 7.90. The van der Waals surface area contributed by atoms with Crippen molar-refractivity contribution in [2.45, 2.75) is 36.4 Å².